The van der Waals surface area contributed by atoms with Gasteiger partial charge in [-0.15, -0.1) is 10.2 Å². The first-order chi connectivity index (χ1) is 12.0. The molecule has 3 rings (SSSR count). The van der Waals surface area contributed by atoms with Crippen LogP contribution in [0.2, 0.25) is 0 Å². The summed E-state index contributed by atoms with van der Waals surface area (Å²) in [7, 11) is 0. The Hall–Kier alpha value is -2.63. The Kier molecular flexibility index (Phi) is 5.16. The van der Waals surface area contributed by atoms with Gasteiger partial charge in [0.25, 0.3) is 0 Å². The third-order valence-electron chi connectivity index (χ3n) is 4.22. The summed E-state index contributed by atoms with van der Waals surface area (Å²) < 4.78 is 5.58. The molecule has 0 aliphatic heterocycles. The average Bonchev–Trinajstić information content (AvgIpc) is 3.22. The minimum absolute atomic E-state index is 0.00311. The van der Waals surface area contributed by atoms with E-state index in [9.17, 15) is 4.79 Å². The minimum Gasteiger partial charge on any atom is -0.423 e. The highest BCUT2D eigenvalue weighted by molar-refractivity contribution is 5.83. The van der Waals surface area contributed by atoms with Gasteiger partial charge in [0.05, 0.1) is 0 Å². The van der Waals surface area contributed by atoms with E-state index < -0.39 is 0 Å². The predicted octanol–water partition coefficient (Wildman–Crippen LogP) is 3.87. The minimum atomic E-state index is -0.277. The molecule has 1 aromatic carbocycles. The second-order valence-electron chi connectivity index (χ2n) is 6.64. The number of aryl methyl sites for hydroxylation is 1. The molecule has 3 aromatic rings. The predicted molar refractivity (Wildman–Crippen MR) is 96.2 cm³/mol. The molecule has 132 valence electrons. The number of rotatable bonds is 7. The van der Waals surface area contributed by atoms with Crippen LogP contribution in [0, 0.1) is 0 Å². The molecule has 0 fully saturated rings. The maximum absolute atomic E-state index is 12.2. The number of para-hydroxylation sites is 1. The van der Waals surface area contributed by atoms with E-state index in [1.54, 1.807) is 0 Å². The summed E-state index contributed by atoms with van der Waals surface area (Å²) in [4.78, 5) is 15.4. The Labute approximate surface area is 147 Å². The summed E-state index contributed by atoms with van der Waals surface area (Å²) in [6, 6.07) is 7.93. The second-order valence-corrected chi connectivity index (χ2v) is 6.64. The largest absolute Gasteiger partial charge is 0.423 e. The molecule has 0 unspecified atom stereocenters. The number of aromatic nitrogens is 3. The Balaban J connectivity index is 1.49. The molecule has 0 radical (unpaired) electrons. The van der Waals surface area contributed by atoms with Crippen molar-refractivity contribution in [3.8, 4) is 0 Å². The van der Waals surface area contributed by atoms with Gasteiger partial charge in [0.1, 0.15) is 6.04 Å². The quantitative estimate of drug-likeness (QED) is 0.684. The second kappa shape index (κ2) is 7.51. The van der Waals surface area contributed by atoms with Crippen molar-refractivity contribution < 1.29 is 9.21 Å². The lowest BCUT2D eigenvalue weighted by atomic mass is 10.1. The number of amides is 1. The van der Waals surface area contributed by atoms with Crippen LogP contribution >= 0.6 is 0 Å². The van der Waals surface area contributed by atoms with Gasteiger partial charge in [-0.1, -0.05) is 32.0 Å². The number of carbonyl (C=O) groups excluding carboxylic acids is 1. The highest BCUT2D eigenvalue weighted by atomic mass is 16.4. The van der Waals surface area contributed by atoms with Gasteiger partial charge in [-0.05, 0) is 31.4 Å². The fraction of sp³-hybridized carbons (Fsp3) is 0.421. The Morgan fingerprint density at radius 2 is 1.96 bits per heavy atom. The van der Waals surface area contributed by atoms with Crippen molar-refractivity contribution in [2.75, 3.05) is 0 Å². The van der Waals surface area contributed by atoms with Crippen LogP contribution in [0.5, 0.6) is 0 Å². The molecule has 2 N–H and O–H groups in total. The summed E-state index contributed by atoms with van der Waals surface area (Å²) in [5.74, 6) is 1.22. The van der Waals surface area contributed by atoms with Crippen LogP contribution in [-0.2, 0) is 11.2 Å². The van der Waals surface area contributed by atoms with E-state index >= 15 is 0 Å². The maximum atomic E-state index is 12.2. The van der Waals surface area contributed by atoms with Gasteiger partial charge in [0, 0.05) is 29.4 Å². The van der Waals surface area contributed by atoms with Crippen molar-refractivity contribution in [1.29, 1.82) is 0 Å². The topological polar surface area (TPSA) is 83.8 Å². The molecule has 0 saturated heterocycles. The van der Waals surface area contributed by atoms with Crippen LogP contribution in [0.3, 0.4) is 0 Å². The van der Waals surface area contributed by atoms with E-state index in [-0.39, 0.29) is 17.9 Å². The van der Waals surface area contributed by atoms with Gasteiger partial charge in [0.2, 0.25) is 17.7 Å². The van der Waals surface area contributed by atoms with Crippen molar-refractivity contribution in [1.82, 2.24) is 20.5 Å². The molecule has 0 spiro atoms. The van der Waals surface area contributed by atoms with Crippen molar-refractivity contribution >= 4 is 16.8 Å². The molecule has 0 aliphatic carbocycles. The van der Waals surface area contributed by atoms with E-state index in [1.165, 1.54) is 10.9 Å². The molecule has 1 atom stereocenters. The Morgan fingerprint density at radius 3 is 2.72 bits per heavy atom. The number of nitrogens with one attached hydrogen (secondary N) is 2. The third kappa shape index (κ3) is 4.07. The third-order valence-corrected chi connectivity index (χ3v) is 4.22. The van der Waals surface area contributed by atoms with E-state index in [2.05, 4.69) is 32.6 Å². The van der Waals surface area contributed by atoms with E-state index in [4.69, 9.17) is 4.42 Å². The molecular weight excluding hydrogens is 316 g/mol. The lowest BCUT2D eigenvalue weighted by Crippen LogP contribution is -2.26. The van der Waals surface area contributed by atoms with Gasteiger partial charge in [-0.2, -0.15) is 0 Å². The van der Waals surface area contributed by atoms with Crippen molar-refractivity contribution in [3.63, 3.8) is 0 Å². The fourth-order valence-electron chi connectivity index (χ4n) is 2.81. The normalized spacial score (nSPS) is 12.6. The first-order valence-corrected chi connectivity index (χ1v) is 8.72. The molecule has 0 bridgehead atoms. The van der Waals surface area contributed by atoms with Gasteiger partial charge in [-0.25, -0.2) is 0 Å². The molecule has 1 amide bonds. The highest BCUT2D eigenvalue weighted by Crippen LogP contribution is 2.20. The van der Waals surface area contributed by atoms with Gasteiger partial charge in [0.15, 0.2) is 0 Å². The molecule has 25 heavy (non-hydrogen) atoms. The van der Waals surface area contributed by atoms with Crippen LogP contribution in [0.15, 0.2) is 34.9 Å². The summed E-state index contributed by atoms with van der Waals surface area (Å²) >= 11 is 0. The summed E-state index contributed by atoms with van der Waals surface area (Å²) in [6.07, 6.45) is 4.15. The molecule has 2 aromatic heterocycles. The zero-order chi connectivity index (χ0) is 17.8. The van der Waals surface area contributed by atoms with Crippen LogP contribution in [0.1, 0.15) is 62.9 Å². The number of hydrogen-bond donors (Lipinski definition) is 2. The van der Waals surface area contributed by atoms with E-state index in [0.717, 1.165) is 18.4 Å². The molecule has 0 saturated carbocycles. The van der Waals surface area contributed by atoms with Crippen LogP contribution in [0.25, 0.3) is 10.9 Å². The lowest BCUT2D eigenvalue weighted by molar-refractivity contribution is -0.122. The standard InChI is InChI=1S/C19H24N4O2/c1-12(2)18-22-23-19(25-18)13(3)21-17(24)10-6-7-14-11-20-16-9-5-4-8-15(14)16/h4-5,8-9,11-13,20H,6-7,10H2,1-3H3,(H,21,24)/t13-/m1/s1. The first kappa shape index (κ1) is 17.2. The number of hydrogen-bond acceptors (Lipinski definition) is 4. The Morgan fingerprint density at radius 1 is 1.20 bits per heavy atom. The van der Waals surface area contributed by atoms with Gasteiger partial charge < -0.3 is 14.7 Å². The maximum Gasteiger partial charge on any atom is 0.238 e. The molecule has 6 heteroatoms. The molecule has 2 heterocycles. The fourth-order valence-corrected chi connectivity index (χ4v) is 2.81. The van der Waals surface area contributed by atoms with Crippen molar-refractivity contribution in [3.05, 3.63) is 47.8 Å². The SMILES string of the molecule is CC(C)c1nnc([C@@H](C)NC(=O)CCCc2c[nH]c3ccccc23)o1. The molecule has 6 nitrogen and oxygen atoms in total. The van der Waals surface area contributed by atoms with Crippen LogP contribution < -0.4 is 5.32 Å². The summed E-state index contributed by atoms with van der Waals surface area (Å²) in [5.41, 5.74) is 2.38. The van der Waals surface area contributed by atoms with Gasteiger partial charge in [-0.3, -0.25) is 4.79 Å². The zero-order valence-corrected chi connectivity index (χ0v) is 14.9. The van der Waals surface area contributed by atoms with Crippen LogP contribution in [0.4, 0.5) is 0 Å². The molecular formula is C19H24N4O2. The van der Waals surface area contributed by atoms with Crippen molar-refractivity contribution in [2.45, 2.75) is 52.0 Å². The van der Waals surface area contributed by atoms with Crippen molar-refractivity contribution in [2.24, 2.45) is 0 Å². The zero-order valence-electron chi connectivity index (χ0n) is 14.9. The van der Waals surface area contributed by atoms with Gasteiger partial charge >= 0.3 is 0 Å². The number of aromatic amines is 1. The number of nitrogens with zero attached hydrogens (tertiary/aromatic N) is 2. The highest BCUT2D eigenvalue weighted by Gasteiger charge is 2.17. The molecule has 0 aliphatic rings. The summed E-state index contributed by atoms with van der Waals surface area (Å²) in [6.45, 7) is 5.84. The number of fused-ring (bicyclic) bond motifs is 1. The average molecular weight is 340 g/mol. The Bertz CT molecular complexity index is 850. The van der Waals surface area contributed by atoms with Crippen LogP contribution in [-0.4, -0.2) is 21.1 Å². The lowest BCUT2D eigenvalue weighted by Gasteiger charge is -2.09. The first-order valence-electron chi connectivity index (χ1n) is 8.72. The number of H-pyrrole nitrogens is 1. The van der Waals surface area contributed by atoms with E-state index in [0.29, 0.717) is 18.2 Å². The monoisotopic (exact) mass is 340 g/mol. The number of benzene rings is 1. The number of carbonyl (C=O) groups is 1. The van der Waals surface area contributed by atoms with E-state index in [1.807, 2.05) is 39.1 Å². The smallest absolute Gasteiger partial charge is 0.238 e. The summed E-state index contributed by atoms with van der Waals surface area (Å²) in [5, 5.41) is 12.2.